The van der Waals surface area contributed by atoms with E-state index in [-0.39, 0.29) is 17.5 Å². The van der Waals surface area contributed by atoms with Gasteiger partial charge in [-0.1, -0.05) is 24.4 Å². The second-order valence-corrected chi connectivity index (χ2v) is 4.61. The summed E-state index contributed by atoms with van der Waals surface area (Å²) in [5.74, 6) is -0.692. The summed E-state index contributed by atoms with van der Waals surface area (Å²) in [5, 5.41) is 11.5. The van der Waals surface area contributed by atoms with E-state index in [4.69, 9.17) is 23.1 Å². The summed E-state index contributed by atoms with van der Waals surface area (Å²) in [6.07, 6.45) is 1.49. The van der Waals surface area contributed by atoms with Gasteiger partial charge in [-0.3, -0.25) is 4.79 Å². The van der Waals surface area contributed by atoms with Crippen LogP contribution in [0.15, 0.2) is 24.3 Å². The molecule has 4 N–H and O–H groups in total. The van der Waals surface area contributed by atoms with Crippen molar-refractivity contribution in [1.82, 2.24) is 0 Å². The summed E-state index contributed by atoms with van der Waals surface area (Å²) in [6.45, 7) is 1.84. The first-order valence-electron chi connectivity index (χ1n) is 5.84. The topological polar surface area (TPSA) is 75.3 Å². The molecule has 1 rings (SSSR count). The highest BCUT2D eigenvalue weighted by Crippen LogP contribution is 2.13. The van der Waals surface area contributed by atoms with E-state index < -0.39 is 5.92 Å². The average Bonchev–Trinajstić information content (AvgIpc) is 2.35. The van der Waals surface area contributed by atoms with Crippen LogP contribution < -0.4 is 11.1 Å². The second kappa shape index (κ2) is 7.08. The molecule has 0 saturated heterocycles. The number of amides is 1. The smallest absolute Gasteiger partial charge is 0.234 e. The van der Waals surface area contributed by atoms with Gasteiger partial charge in [-0.05, 0) is 37.5 Å². The first kappa shape index (κ1) is 14.6. The lowest BCUT2D eigenvalue weighted by Crippen LogP contribution is -2.30. The summed E-state index contributed by atoms with van der Waals surface area (Å²) in [7, 11) is 0. The van der Waals surface area contributed by atoms with Gasteiger partial charge in [0.15, 0.2) is 0 Å². The lowest BCUT2D eigenvalue weighted by molar-refractivity contribution is -0.117. The monoisotopic (exact) mass is 266 g/mol. The Morgan fingerprint density at radius 1 is 1.56 bits per heavy atom. The molecule has 0 aliphatic rings. The molecule has 0 radical (unpaired) electrons. The zero-order valence-corrected chi connectivity index (χ0v) is 11.2. The standard InChI is InChI=1S/C13H18N2O2S/c1-9(12(14)18)13(17)15-11-6-2-4-10(8-11)5-3-7-16/h2,4,6,8-9,16H,3,5,7H2,1H3,(H2,14,18)(H,15,17). The van der Waals surface area contributed by atoms with Crippen LogP contribution in [0.25, 0.3) is 0 Å². The number of aliphatic hydroxyl groups is 1. The molecule has 18 heavy (non-hydrogen) atoms. The van der Waals surface area contributed by atoms with Crippen LogP contribution >= 0.6 is 12.2 Å². The Morgan fingerprint density at radius 3 is 2.89 bits per heavy atom. The molecule has 0 spiro atoms. The van der Waals surface area contributed by atoms with E-state index in [9.17, 15) is 4.79 Å². The Kier molecular flexibility index (Phi) is 5.74. The van der Waals surface area contributed by atoms with Crippen LogP contribution in [0.3, 0.4) is 0 Å². The quantitative estimate of drug-likeness (QED) is 0.682. The van der Waals surface area contributed by atoms with Gasteiger partial charge in [-0.2, -0.15) is 0 Å². The fourth-order valence-corrected chi connectivity index (χ4v) is 1.57. The summed E-state index contributed by atoms with van der Waals surface area (Å²) in [4.78, 5) is 11.9. The fourth-order valence-electron chi connectivity index (χ4n) is 1.47. The van der Waals surface area contributed by atoms with E-state index in [0.29, 0.717) is 6.42 Å². The molecular weight excluding hydrogens is 248 g/mol. The number of anilines is 1. The number of rotatable bonds is 6. The third kappa shape index (κ3) is 4.43. The van der Waals surface area contributed by atoms with Gasteiger partial charge >= 0.3 is 0 Å². The Morgan fingerprint density at radius 2 is 2.28 bits per heavy atom. The van der Waals surface area contributed by atoms with Crippen LogP contribution in [0, 0.1) is 5.92 Å². The predicted octanol–water partition coefficient (Wildman–Crippen LogP) is 1.47. The first-order chi connectivity index (χ1) is 8.54. The van der Waals surface area contributed by atoms with Gasteiger partial charge < -0.3 is 16.2 Å². The molecular formula is C13H18N2O2S. The van der Waals surface area contributed by atoms with Crippen molar-refractivity contribution in [3.63, 3.8) is 0 Å². The molecule has 0 heterocycles. The van der Waals surface area contributed by atoms with Crippen LogP contribution in [0.1, 0.15) is 18.9 Å². The normalized spacial score (nSPS) is 11.9. The van der Waals surface area contributed by atoms with Crippen molar-refractivity contribution in [2.75, 3.05) is 11.9 Å². The molecule has 4 nitrogen and oxygen atoms in total. The lowest BCUT2D eigenvalue weighted by Gasteiger charge is -2.11. The Hall–Kier alpha value is -1.46. The van der Waals surface area contributed by atoms with Gasteiger partial charge in [0.2, 0.25) is 5.91 Å². The second-order valence-electron chi connectivity index (χ2n) is 4.14. The maximum Gasteiger partial charge on any atom is 0.234 e. The van der Waals surface area contributed by atoms with Crippen molar-refractivity contribution >= 4 is 28.8 Å². The van der Waals surface area contributed by atoms with Crippen molar-refractivity contribution in [2.45, 2.75) is 19.8 Å². The number of benzene rings is 1. The molecule has 1 aromatic carbocycles. The number of aryl methyl sites for hydroxylation is 1. The molecule has 1 atom stereocenters. The Balaban J connectivity index is 2.67. The lowest BCUT2D eigenvalue weighted by atomic mass is 10.1. The van der Waals surface area contributed by atoms with Gasteiger partial charge in [0.05, 0.1) is 10.9 Å². The molecule has 98 valence electrons. The van der Waals surface area contributed by atoms with Crippen LogP contribution in [-0.2, 0) is 11.2 Å². The largest absolute Gasteiger partial charge is 0.396 e. The third-order valence-electron chi connectivity index (χ3n) is 2.64. The van der Waals surface area contributed by atoms with Gasteiger partial charge in [-0.15, -0.1) is 0 Å². The SMILES string of the molecule is CC(C(=O)Nc1cccc(CCCO)c1)C(N)=S. The summed E-state index contributed by atoms with van der Waals surface area (Å²) in [5.41, 5.74) is 7.22. The number of hydrogen-bond donors (Lipinski definition) is 3. The molecule has 5 heteroatoms. The number of nitrogens with one attached hydrogen (secondary N) is 1. The minimum absolute atomic E-state index is 0.162. The van der Waals surface area contributed by atoms with E-state index in [1.54, 1.807) is 6.92 Å². The maximum absolute atomic E-state index is 11.8. The molecule has 0 aromatic heterocycles. The minimum atomic E-state index is -0.485. The van der Waals surface area contributed by atoms with E-state index in [2.05, 4.69) is 5.32 Å². The maximum atomic E-state index is 11.8. The fraction of sp³-hybridized carbons (Fsp3) is 0.385. The van der Waals surface area contributed by atoms with Crippen molar-refractivity contribution in [3.8, 4) is 0 Å². The molecule has 0 saturated carbocycles. The van der Waals surface area contributed by atoms with Gasteiger partial charge in [0.25, 0.3) is 0 Å². The van der Waals surface area contributed by atoms with Crippen LogP contribution in [-0.4, -0.2) is 22.6 Å². The van der Waals surface area contributed by atoms with Crippen LogP contribution in [0.4, 0.5) is 5.69 Å². The van der Waals surface area contributed by atoms with E-state index in [0.717, 1.165) is 17.7 Å². The van der Waals surface area contributed by atoms with Gasteiger partial charge in [-0.25, -0.2) is 0 Å². The highest BCUT2D eigenvalue weighted by Gasteiger charge is 2.15. The van der Waals surface area contributed by atoms with Crippen molar-refractivity contribution in [1.29, 1.82) is 0 Å². The number of nitrogens with two attached hydrogens (primary N) is 1. The minimum Gasteiger partial charge on any atom is -0.396 e. The number of carbonyl (C=O) groups excluding carboxylic acids is 1. The van der Waals surface area contributed by atoms with Crippen molar-refractivity contribution < 1.29 is 9.90 Å². The number of aliphatic hydroxyl groups excluding tert-OH is 1. The average molecular weight is 266 g/mol. The summed E-state index contributed by atoms with van der Waals surface area (Å²) in [6, 6.07) is 7.53. The summed E-state index contributed by atoms with van der Waals surface area (Å²) < 4.78 is 0. The number of hydrogen-bond acceptors (Lipinski definition) is 3. The third-order valence-corrected chi connectivity index (χ3v) is 2.99. The zero-order valence-electron chi connectivity index (χ0n) is 10.3. The Labute approximate surface area is 112 Å². The van der Waals surface area contributed by atoms with Gasteiger partial charge in [0.1, 0.15) is 0 Å². The molecule has 0 bridgehead atoms. The van der Waals surface area contributed by atoms with Crippen molar-refractivity contribution in [2.24, 2.45) is 11.7 Å². The predicted molar refractivity (Wildman–Crippen MR) is 76.4 cm³/mol. The van der Waals surface area contributed by atoms with Crippen LogP contribution in [0.5, 0.6) is 0 Å². The number of thiocarbonyl (C=S) groups is 1. The van der Waals surface area contributed by atoms with E-state index in [1.165, 1.54) is 0 Å². The van der Waals surface area contributed by atoms with Crippen LogP contribution in [0.2, 0.25) is 0 Å². The summed E-state index contributed by atoms with van der Waals surface area (Å²) >= 11 is 4.78. The van der Waals surface area contributed by atoms with Crippen molar-refractivity contribution in [3.05, 3.63) is 29.8 Å². The molecule has 1 aromatic rings. The van der Waals surface area contributed by atoms with E-state index in [1.807, 2.05) is 24.3 Å². The molecule has 1 unspecified atom stereocenters. The Bertz CT molecular complexity index is 435. The molecule has 0 aliphatic heterocycles. The van der Waals surface area contributed by atoms with Gasteiger partial charge in [0, 0.05) is 12.3 Å². The molecule has 1 amide bonds. The highest BCUT2D eigenvalue weighted by molar-refractivity contribution is 7.80. The number of carbonyl (C=O) groups is 1. The molecule has 0 aliphatic carbocycles. The van der Waals surface area contributed by atoms with E-state index >= 15 is 0 Å². The highest BCUT2D eigenvalue weighted by atomic mass is 32.1. The molecule has 0 fully saturated rings. The zero-order chi connectivity index (χ0) is 13.5. The first-order valence-corrected chi connectivity index (χ1v) is 6.25.